The summed E-state index contributed by atoms with van der Waals surface area (Å²) in [7, 11) is 0. The van der Waals surface area contributed by atoms with E-state index in [0.29, 0.717) is 0 Å². The van der Waals surface area contributed by atoms with Crippen molar-refractivity contribution in [1.29, 1.82) is 0 Å². The molecule has 2 rings (SSSR count). The topological polar surface area (TPSA) is 0 Å². The van der Waals surface area contributed by atoms with Crippen LogP contribution in [0.4, 0.5) is 0 Å². The van der Waals surface area contributed by atoms with Crippen LogP contribution in [0.1, 0.15) is 11.1 Å². The maximum Gasteiger partial charge on any atom is 0.00561 e. The molecule has 0 atom stereocenters. The van der Waals surface area contributed by atoms with Crippen molar-refractivity contribution in [2.24, 2.45) is 0 Å². The van der Waals surface area contributed by atoms with Crippen LogP contribution in [-0.4, -0.2) is 0 Å². The van der Waals surface area contributed by atoms with E-state index >= 15 is 0 Å². The van der Waals surface area contributed by atoms with Gasteiger partial charge in [-0.15, -0.1) is 5.73 Å². The van der Waals surface area contributed by atoms with Gasteiger partial charge in [0.1, 0.15) is 0 Å². The van der Waals surface area contributed by atoms with Crippen LogP contribution in [0, 0.1) is 6.58 Å². The van der Waals surface area contributed by atoms with Gasteiger partial charge < -0.3 is 0 Å². The van der Waals surface area contributed by atoms with E-state index in [1.807, 2.05) is 36.4 Å². The lowest BCUT2D eigenvalue weighted by molar-refractivity contribution is 1.28. The van der Waals surface area contributed by atoms with Crippen LogP contribution in [-0.2, 0) is 6.42 Å². The van der Waals surface area contributed by atoms with Crippen LogP contribution in [0.3, 0.4) is 0 Å². The summed E-state index contributed by atoms with van der Waals surface area (Å²) in [4.78, 5) is 0. The van der Waals surface area contributed by atoms with Crippen molar-refractivity contribution in [2.45, 2.75) is 6.42 Å². The number of hydrogen-bond donors (Lipinski definition) is 0. The highest BCUT2D eigenvalue weighted by atomic mass is 14.0. The number of rotatable bonds is 3. The lowest BCUT2D eigenvalue weighted by Crippen LogP contribution is -1.89. The molecule has 0 amide bonds. The van der Waals surface area contributed by atoms with E-state index in [0.717, 1.165) is 17.6 Å². The van der Waals surface area contributed by atoms with Crippen molar-refractivity contribution in [3.8, 4) is 0 Å². The first-order valence-corrected chi connectivity index (χ1v) is 5.32. The van der Waals surface area contributed by atoms with Gasteiger partial charge in [0.15, 0.2) is 0 Å². The van der Waals surface area contributed by atoms with E-state index in [1.54, 1.807) is 0 Å². The summed E-state index contributed by atoms with van der Waals surface area (Å²) in [5.41, 5.74) is 6.20. The molecule has 0 aliphatic rings. The Hall–Kier alpha value is -2.04. The van der Waals surface area contributed by atoms with Crippen LogP contribution in [0.5, 0.6) is 0 Å². The highest BCUT2D eigenvalue weighted by Crippen LogP contribution is 2.17. The second-order valence-electron chi connectivity index (χ2n) is 3.65. The van der Waals surface area contributed by atoms with Gasteiger partial charge in [-0.3, -0.25) is 0 Å². The molecule has 0 saturated heterocycles. The van der Waals surface area contributed by atoms with Crippen molar-refractivity contribution in [1.82, 2.24) is 0 Å². The predicted octanol–water partition coefficient (Wildman–Crippen LogP) is 3.90. The Labute approximate surface area is 96.6 Å². The third-order valence-electron chi connectivity index (χ3n) is 2.52. The Kier molecular flexibility index (Phi) is 3.38. The Balaban J connectivity index is 2.24. The van der Waals surface area contributed by atoms with Crippen molar-refractivity contribution in [2.75, 3.05) is 0 Å². The minimum atomic E-state index is 0.821. The van der Waals surface area contributed by atoms with E-state index in [2.05, 4.69) is 30.0 Å². The van der Waals surface area contributed by atoms with E-state index in [-0.39, 0.29) is 0 Å². The first-order chi connectivity index (χ1) is 7.90. The van der Waals surface area contributed by atoms with Gasteiger partial charge in [-0.05, 0) is 17.7 Å². The van der Waals surface area contributed by atoms with Crippen LogP contribution >= 0.6 is 0 Å². The van der Waals surface area contributed by atoms with Crippen LogP contribution in [0.15, 0.2) is 66.4 Å². The molecule has 0 N–H and O–H groups in total. The molecule has 2 aromatic rings. The standard InChI is InChI=1S/C16H13/c1-2-15(16-11-7-4-8-12-16)13-14-9-5-3-6-10-14/h1,3-12H,13H2. The fourth-order valence-electron chi connectivity index (χ4n) is 1.68. The lowest BCUT2D eigenvalue weighted by atomic mass is 9.99. The Morgan fingerprint density at radius 2 is 1.44 bits per heavy atom. The van der Waals surface area contributed by atoms with Gasteiger partial charge >= 0.3 is 0 Å². The molecule has 0 aromatic heterocycles. The fraction of sp³-hybridized carbons (Fsp3) is 0.0625. The van der Waals surface area contributed by atoms with Crippen LogP contribution in [0.2, 0.25) is 0 Å². The van der Waals surface area contributed by atoms with Crippen molar-refractivity contribution in [3.05, 3.63) is 84.1 Å². The third-order valence-corrected chi connectivity index (χ3v) is 2.52. The first kappa shape index (κ1) is 10.5. The Morgan fingerprint density at radius 1 is 0.875 bits per heavy atom. The van der Waals surface area contributed by atoms with Gasteiger partial charge in [0.05, 0.1) is 0 Å². The zero-order valence-corrected chi connectivity index (χ0v) is 9.06. The summed E-state index contributed by atoms with van der Waals surface area (Å²) in [6.45, 7) is 5.57. The van der Waals surface area contributed by atoms with Gasteiger partial charge in [0, 0.05) is 12.0 Å². The molecule has 1 radical (unpaired) electrons. The predicted molar refractivity (Wildman–Crippen MR) is 67.8 cm³/mol. The molecule has 0 fully saturated rings. The average molecular weight is 205 g/mol. The third kappa shape index (κ3) is 2.50. The second kappa shape index (κ2) is 5.16. The van der Waals surface area contributed by atoms with Gasteiger partial charge in [-0.25, -0.2) is 0 Å². The molecule has 0 saturated carbocycles. The van der Waals surface area contributed by atoms with E-state index in [4.69, 9.17) is 6.58 Å². The van der Waals surface area contributed by atoms with Gasteiger partial charge in [0.25, 0.3) is 0 Å². The Morgan fingerprint density at radius 3 is 2.00 bits per heavy atom. The molecule has 2 aromatic carbocycles. The second-order valence-corrected chi connectivity index (χ2v) is 3.65. The minimum Gasteiger partial charge on any atom is -0.116 e. The van der Waals surface area contributed by atoms with E-state index in [1.165, 1.54) is 5.56 Å². The van der Waals surface area contributed by atoms with Gasteiger partial charge in [-0.1, -0.05) is 60.7 Å². The fourth-order valence-corrected chi connectivity index (χ4v) is 1.68. The summed E-state index contributed by atoms with van der Waals surface area (Å²) in [6, 6.07) is 20.4. The molecule has 16 heavy (non-hydrogen) atoms. The Bertz CT molecular complexity index is 488. The highest BCUT2D eigenvalue weighted by Gasteiger charge is 2.00. The van der Waals surface area contributed by atoms with Gasteiger partial charge in [0.2, 0.25) is 0 Å². The average Bonchev–Trinajstić information content (AvgIpc) is 2.38. The number of benzene rings is 2. The normalized spacial score (nSPS) is 9.50. The molecule has 0 aliphatic carbocycles. The molecule has 0 heteroatoms. The SMILES string of the molecule is [CH]=C=C(Cc1ccccc1)c1ccccc1. The molecule has 0 bridgehead atoms. The molecule has 0 aliphatic heterocycles. The maximum atomic E-state index is 5.57. The summed E-state index contributed by atoms with van der Waals surface area (Å²) in [6.07, 6.45) is 0.821. The molecule has 0 heterocycles. The molecule has 0 spiro atoms. The molecule has 77 valence electrons. The molecular weight excluding hydrogens is 192 g/mol. The molecular formula is C16H13. The number of hydrogen-bond acceptors (Lipinski definition) is 0. The summed E-state index contributed by atoms with van der Waals surface area (Å²) < 4.78 is 0. The lowest BCUT2D eigenvalue weighted by Gasteiger charge is -2.05. The summed E-state index contributed by atoms with van der Waals surface area (Å²) in [5.74, 6) is 0. The van der Waals surface area contributed by atoms with Crippen molar-refractivity contribution in [3.63, 3.8) is 0 Å². The van der Waals surface area contributed by atoms with E-state index < -0.39 is 0 Å². The monoisotopic (exact) mass is 205 g/mol. The minimum absolute atomic E-state index is 0.821. The quantitative estimate of drug-likeness (QED) is 0.667. The van der Waals surface area contributed by atoms with Crippen LogP contribution < -0.4 is 0 Å². The van der Waals surface area contributed by atoms with Crippen molar-refractivity contribution < 1.29 is 0 Å². The van der Waals surface area contributed by atoms with Crippen molar-refractivity contribution >= 4 is 5.57 Å². The van der Waals surface area contributed by atoms with E-state index in [9.17, 15) is 0 Å². The highest BCUT2D eigenvalue weighted by molar-refractivity contribution is 5.66. The molecule has 0 nitrogen and oxygen atoms in total. The molecule has 0 unspecified atom stereocenters. The summed E-state index contributed by atoms with van der Waals surface area (Å²) in [5, 5.41) is 0. The largest absolute Gasteiger partial charge is 0.116 e. The zero-order chi connectivity index (χ0) is 11.2. The number of allylic oxidation sites excluding steroid dienone is 1. The smallest absolute Gasteiger partial charge is 0.00561 e. The maximum absolute atomic E-state index is 5.57. The van der Waals surface area contributed by atoms with Gasteiger partial charge in [-0.2, -0.15) is 0 Å². The zero-order valence-electron chi connectivity index (χ0n) is 9.06. The first-order valence-electron chi connectivity index (χ1n) is 5.32. The van der Waals surface area contributed by atoms with Crippen LogP contribution in [0.25, 0.3) is 5.57 Å². The summed E-state index contributed by atoms with van der Waals surface area (Å²) >= 11 is 0.